The van der Waals surface area contributed by atoms with Crippen LogP contribution in [0.4, 0.5) is 8.78 Å². The lowest BCUT2D eigenvalue weighted by molar-refractivity contribution is -0.358. The number of aliphatic carboxylic acids is 1. The number of hydrogen-bond acceptors (Lipinski definition) is 4. The van der Waals surface area contributed by atoms with Gasteiger partial charge in [0.15, 0.2) is 0 Å². The molecule has 170 valence electrons. The van der Waals surface area contributed by atoms with Gasteiger partial charge in [-0.2, -0.15) is 0 Å². The van der Waals surface area contributed by atoms with Gasteiger partial charge in [-0.1, -0.05) is 47.0 Å². The summed E-state index contributed by atoms with van der Waals surface area (Å²) in [6.45, 7) is 3.57. The molecule has 1 aliphatic heterocycles. The predicted molar refractivity (Wildman–Crippen MR) is 107 cm³/mol. The third kappa shape index (κ3) is 6.45. The molecule has 1 saturated heterocycles. The van der Waals surface area contributed by atoms with E-state index in [9.17, 15) is 23.5 Å². The van der Waals surface area contributed by atoms with Gasteiger partial charge in [-0.3, -0.25) is 9.59 Å². The van der Waals surface area contributed by atoms with Crippen LogP contribution in [-0.4, -0.2) is 39.8 Å². The first-order valence-corrected chi connectivity index (χ1v) is 10.6. The summed E-state index contributed by atoms with van der Waals surface area (Å²) >= 11 is 0. The van der Waals surface area contributed by atoms with E-state index in [-0.39, 0.29) is 50.2 Å². The third-order valence-corrected chi connectivity index (χ3v) is 6.50. The maximum absolute atomic E-state index is 14.7. The number of unbranched alkanes of at least 4 members (excludes halogenated alkanes) is 3. The number of alkyl halides is 2. The average molecular weight is 421 g/mol. The molecular formula is C22H38F2O5. The van der Waals surface area contributed by atoms with Gasteiger partial charge in [0.1, 0.15) is 5.78 Å². The number of rotatable bonds is 11. The summed E-state index contributed by atoms with van der Waals surface area (Å²) < 4.78 is 34.8. The van der Waals surface area contributed by atoms with E-state index < -0.39 is 30.2 Å². The van der Waals surface area contributed by atoms with Crippen LogP contribution in [0.25, 0.3) is 0 Å². The predicted octanol–water partition coefficient (Wildman–Crippen LogP) is 5.19. The Bertz CT molecular complexity index is 553. The number of carboxylic acids is 1. The summed E-state index contributed by atoms with van der Waals surface area (Å²) in [4.78, 5) is 22.9. The summed E-state index contributed by atoms with van der Waals surface area (Å²) in [6, 6.07) is 0. The number of halogens is 2. The molecule has 0 aromatic rings. The van der Waals surface area contributed by atoms with Gasteiger partial charge in [-0.05, 0) is 31.1 Å². The molecule has 1 aliphatic carbocycles. The molecule has 2 rings (SSSR count). The SMILES string of the molecule is C.CC[C@H](C)CC(F)(F)[C@@]1(O)CCC2C(CC(=O)[C@@H]2CCCCCCC(=O)O)O1. The number of carbonyl (C=O) groups is 2. The largest absolute Gasteiger partial charge is 0.481 e. The van der Waals surface area contributed by atoms with E-state index in [1.54, 1.807) is 6.92 Å². The Balaban J connectivity index is 0.00000420. The molecule has 0 amide bonds. The second kappa shape index (κ2) is 10.8. The number of ketones is 1. The van der Waals surface area contributed by atoms with Gasteiger partial charge in [0.05, 0.1) is 6.10 Å². The topological polar surface area (TPSA) is 83.8 Å². The first-order chi connectivity index (χ1) is 13.1. The van der Waals surface area contributed by atoms with Crippen molar-refractivity contribution in [2.24, 2.45) is 17.8 Å². The molecule has 29 heavy (non-hydrogen) atoms. The van der Waals surface area contributed by atoms with Gasteiger partial charge in [0.25, 0.3) is 0 Å². The van der Waals surface area contributed by atoms with E-state index in [2.05, 4.69) is 0 Å². The number of Topliss-reactive ketones (excluding diaryl/α,β-unsaturated/α-hetero) is 1. The molecule has 0 bridgehead atoms. The number of carboxylic acid groups (broad SMARTS) is 1. The number of aliphatic hydroxyl groups is 1. The van der Waals surface area contributed by atoms with Crippen LogP contribution in [0.15, 0.2) is 0 Å². The first-order valence-electron chi connectivity index (χ1n) is 10.6. The highest BCUT2D eigenvalue weighted by Crippen LogP contribution is 2.50. The highest BCUT2D eigenvalue weighted by Gasteiger charge is 2.60. The van der Waals surface area contributed by atoms with Crippen LogP contribution in [0.2, 0.25) is 0 Å². The molecule has 2 unspecified atom stereocenters. The fourth-order valence-corrected chi connectivity index (χ4v) is 4.57. The van der Waals surface area contributed by atoms with E-state index in [1.807, 2.05) is 6.92 Å². The third-order valence-electron chi connectivity index (χ3n) is 6.50. The minimum atomic E-state index is -3.33. The molecule has 2 N–H and O–H groups in total. The van der Waals surface area contributed by atoms with E-state index in [1.165, 1.54) is 0 Å². The Morgan fingerprint density at radius 1 is 1.31 bits per heavy atom. The van der Waals surface area contributed by atoms with Crippen molar-refractivity contribution in [1.82, 2.24) is 0 Å². The normalized spacial score (nSPS) is 30.5. The Labute approximate surface area is 173 Å². The van der Waals surface area contributed by atoms with Crippen molar-refractivity contribution >= 4 is 11.8 Å². The van der Waals surface area contributed by atoms with E-state index in [4.69, 9.17) is 9.84 Å². The maximum atomic E-state index is 14.7. The molecule has 1 saturated carbocycles. The van der Waals surface area contributed by atoms with Crippen LogP contribution in [-0.2, 0) is 14.3 Å². The van der Waals surface area contributed by atoms with Crippen molar-refractivity contribution in [3.8, 4) is 0 Å². The van der Waals surface area contributed by atoms with Crippen LogP contribution < -0.4 is 0 Å². The second-order valence-corrected chi connectivity index (χ2v) is 8.69. The molecule has 5 nitrogen and oxygen atoms in total. The number of carbonyl (C=O) groups excluding carboxylic acids is 1. The molecule has 0 spiro atoms. The zero-order valence-electron chi connectivity index (χ0n) is 17.0. The molecule has 1 heterocycles. The summed E-state index contributed by atoms with van der Waals surface area (Å²) in [5.41, 5.74) is 0. The van der Waals surface area contributed by atoms with Gasteiger partial charge >= 0.3 is 11.9 Å². The highest BCUT2D eigenvalue weighted by molar-refractivity contribution is 5.84. The monoisotopic (exact) mass is 420 g/mol. The first kappa shape index (κ1) is 26.0. The smallest absolute Gasteiger partial charge is 0.303 e. The Morgan fingerprint density at radius 2 is 1.97 bits per heavy atom. The summed E-state index contributed by atoms with van der Waals surface area (Å²) in [7, 11) is 0. The van der Waals surface area contributed by atoms with Crippen LogP contribution in [0.3, 0.4) is 0 Å². The van der Waals surface area contributed by atoms with Crippen molar-refractivity contribution in [3.63, 3.8) is 0 Å². The van der Waals surface area contributed by atoms with Gasteiger partial charge in [-0.15, -0.1) is 0 Å². The molecule has 5 atom stereocenters. The van der Waals surface area contributed by atoms with Crippen LogP contribution in [0, 0.1) is 17.8 Å². The number of fused-ring (bicyclic) bond motifs is 1. The Morgan fingerprint density at radius 3 is 2.59 bits per heavy atom. The van der Waals surface area contributed by atoms with Crippen molar-refractivity contribution in [2.75, 3.05) is 0 Å². The molecule has 7 heteroatoms. The second-order valence-electron chi connectivity index (χ2n) is 8.69. The average Bonchev–Trinajstić information content (AvgIpc) is 2.91. The van der Waals surface area contributed by atoms with E-state index >= 15 is 0 Å². The molecule has 2 aliphatic rings. The van der Waals surface area contributed by atoms with Gasteiger partial charge in [0, 0.05) is 31.6 Å². The number of hydrogen-bond donors (Lipinski definition) is 2. The zero-order valence-corrected chi connectivity index (χ0v) is 17.0. The van der Waals surface area contributed by atoms with Crippen molar-refractivity contribution in [2.45, 2.75) is 110 Å². The maximum Gasteiger partial charge on any atom is 0.303 e. The quantitative estimate of drug-likeness (QED) is 0.449. The molecular weight excluding hydrogens is 382 g/mol. The summed E-state index contributed by atoms with van der Waals surface area (Å²) in [5, 5.41) is 19.2. The van der Waals surface area contributed by atoms with Gasteiger partial charge in [-0.25, -0.2) is 8.78 Å². The molecule has 0 radical (unpaired) electrons. The minimum absolute atomic E-state index is 0. The fraction of sp³-hybridized carbons (Fsp3) is 0.909. The van der Waals surface area contributed by atoms with Crippen molar-refractivity contribution in [3.05, 3.63) is 0 Å². The Kier molecular flexibility index (Phi) is 9.67. The summed E-state index contributed by atoms with van der Waals surface area (Å²) in [5.74, 6) is -7.11. The lowest BCUT2D eigenvalue weighted by Gasteiger charge is -2.44. The minimum Gasteiger partial charge on any atom is -0.481 e. The van der Waals surface area contributed by atoms with Crippen LogP contribution in [0.1, 0.15) is 91.9 Å². The lowest BCUT2D eigenvalue weighted by Crippen LogP contribution is -2.56. The van der Waals surface area contributed by atoms with Crippen LogP contribution >= 0.6 is 0 Å². The van der Waals surface area contributed by atoms with E-state index in [0.29, 0.717) is 25.7 Å². The lowest BCUT2D eigenvalue weighted by atomic mass is 9.81. The van der Waals surface area contributed by atoms with Crippen molar-refractivity contribution < 1.29 is 33.3 Å². The molecule has 0 aromatic carbocycles. The van der Waals surface area contributed by atoms with Crippen molar-refractivity contribution in [1.29, 1.82) is 0 Å². The van der Waals surface area contributed by atoms with Gasteiger partial charge in [0.2, 0.25) is 5.79 Å². The molecule has 2 fully saturated rings. The standard InChI is InChI=1S/C21H34F2O5.CH4/c1-3-14(2)13-20(22,23)21(27)11-10-16-15(17(24)12-18(16)28-21)8-6-4-5-7-9-19(25)26;/h14-16,18,27H,3-13H2,1-2H3,(H,25,26);1H4/t14-,15+,16?,18?,21+;/m0./s1. The van der Waals surface area contributed by atoms with Crippen LogP contribution in [0.5, 0.6) is 0 Å². The van der Waals surface area contributed by atoms with Gasteiger partial charge < -0.3 is 14.9 Å². The summed E-state index contributed by atoms with van der Waals surface area (Å²) in [6.07, 6.45) is 3.79. The molecule has 0 aromatic heterocycles. The zero-order chi connectivity index (χ0) is 20.9. The number of ether oxygens (including phenoxy) is 1. The highest BCUT2D eigenvalue weighted by atomic mass is 19.3. The fourth-order valence-electron chi connectivity index (χ4n) is 4.57. The van der Waals surface area contributed by atoms with E-state index in [0.717, 1.165) is 19.3 Å². The Hall–Kier alpha value is -1.08.